The molecule has 0 aliphatic rings. The van der Waals surface area contributed by atoms with Gasteiger partial charge in [0, 0.05) is 12.6 Å². The molecule has 0 aliphatic heterocycles. The van der Waals surface area contributed by atoms with Crippen LogP contribution in [0.3, 0.4) is 0 Å². The van der Waals surface area contributed by atoms with Crippen LogP contribution in [0.4, 0.5) is 5.82 Å². The van der Waals surface area contributed by atoms with Crippen LogP contribution in [0.1, 0.15) is 39.5 Å². The number of aromatic nitrogens is 2. The number of hydrogen-bond acceptors (Lipinski definition) is 5. The minimum absolute atomic E-state index is 0.602. The number of anilines is 1. The lowest BCUT2D eigenvalue weighted by molar-refractivity contribution is 0.305. The molecule has 0 fully saturated rings. The molecular weight excluding hydrogens is 240 g/mol. The lowest BCUT2D eigenvalue weighted by atomic mass is 10.00. The van der Waals surface area contributed by atoms with Crippen LogP contribution < -0.4 is 15.8 Å². The summed E-state index contributed by atoms with van der Waals surface area (Å²) in [7, 11) is 0. The molecule has 0 bridgehead atoms. The second-order valence-electron chi connectivity index (χ2n) is 4.70. The van der Waals surface area contributed by atoms with Crippen molar-refractivity contribution in [2.24, 2.45) is 11.7 Å². The van der Waals surface area contributed by atoms with Crippen LogP contribution in [0.25, 0.3) is 0 Å². The highest BCUT2D eigenvalue weighted by Gasteiger charge is 2.07. The van der Waals surface area contributed by atoms with Gasteiger partial charge >= 0.3 is 0 Å². The summed E-state index contributed by atoms with van der Waals surface area (Å²) in [4.78, 5) is 8.29. The van der Waals surface area contributed by atoms with Crippen molar-refractivity contribution in [3.63, 3.8) is 0 Å². The zero-order valence-corrected chi connectivity index (χ0v) is 12.1. The van der Waals surface area contributed by atoms with Crippen molar-refractivity contribution in [3.8, 4) is 5.88 Å². The van der Waals surface area contributed by atoms with E-state index in [9.17, 15) is 0 Å². The van der Waals surface area contributed by atoms with E-state index in [0.29, 0.717) is 18.4 Å². The van der Waals surface area contributed by atoms with Crippen molar-refractivity contribution >= 4 is 5.82 Å². The Morgan fingerprint density at radius 3 is 2.79 bits per heavy atom. The third-order valence-electron chi connectivity index (χ3n) is 2.94. The summed E-state index contributed by atoms with van der Waals surface area (Å²) in [5.74, 6) is 2.05. The molecular formula is C14H26N4O. The van der Waals surface area contributed by atoms with Crippen LogP contribution in [0.15, 0.2) is 12.4 Å². The molecule has 0 radical (unpaired) electrons. The van der Waals surface area contributed by atoms with Crippen LogP contribution in [0.5, 0.6) is 5.88 Å². The fraction of sp³-hybridized carbons (Fsp3) is 0.714. The van der Waals surface area contributed by atoms with E-state index in [0.717, 1.165) is 31.7 Å². The van der Waals surface area contributed by atoms with Gasteiger partial charge in [-0.2, -0.15) is 0 Å². The van der Waals surface area contributed by atoms with E-state index in [-0.39, 0.29) is 0 Å². The van der Waals surface area contributed by atoms with Crippen molar-refractivity contribution in [1.82, 2.24) is 9.97 Å². The summed E-state index contributed by atoms with van der Waals surface area (Å²) < 4.78 is 5.49. The summed E-state index contributed by atoms with van der Waals surface area (Å²) in [5, 5.41) is 3.34. The number of hydrogen-bond donors (Lipinski definition) is 2. The zero-order valence-electron chi connectivity index (χ0n) is 12.1. The van der Waals surface area contributed by atoms with E-state index in [1.165, 1.54) is 19.2 Å². The summed E-state index contributed by atoms with van der Waals surface area (Å²) in [6.45, 7) is 6.59. The molecule has 0 aromatic carbocycles. The van der Waals surface area contributed by atoms with Crippen molar-refractivity contribution < 1.29 is 4.74 Å². The van der Waals surface area contributed by atoms with Gasteiger partial charge in [0.1, 0.15) is 12.1 Å². The Balaban J connectivity index is 2.46. The van der Waals surface area contributed by atoms with E-state index < -0.39 is 0 Å². The molecule has 1 aromatic heterocycles. The van der Waals surface area contributed by atoms with Crippen molar-refractivity contribution in [2.75, 3.05) is 25.0 Å². The van der Waals surface area contributed by atoms with Crippen LogP contribution in [0.2, 0.25) is 0 Å². The maximum atomic E-state index is 5.63. The van der Waals surface area contributed by atoms with Crippen LogP contribution in [-0.4, -0.2) is 29.7 Å². The number of nitrogens with two attached hydrogens (primary N) is 1. The van der Waals surface area contributed by atoms with Gasteiger partial charge in [0.25, 0.3) is 0 Å². The predicted octanol–water partition coefficient (Wildman–Crippen LogP) is 2.44. The molecule has 0 saturated carbocycles. The molecule has 108 valence electrons. The summed E-state index contributed by atoms with van der Waals surface area (Å²) in [5.41, 5.74) is 5.63. The largest absolute Gasteiger partial charge is 0.478 e. The average Bonchev–Trinajstić information content (AvgIpc) is 2.43. The fourth-order valence-electron chi connectivity index (χ4n) is 1.96. The molecule has 1 heterocycles. The first-order valence-electron chi connectivity index (χ1n) is 7.18. The second-order valence-corrected chi connectivity index (χ2v) is 4.70. The monoisotopic (exact) mass is 266 g/mol. The van der Waals surface area contributed by atoms with E-state index >= 15 is 0 Å². The van der Waals surface area contributed by atoms with E-state index in [4.69, 9.17) is 10.5 Å². The third-order valence-corrected chi connectivity index (χ3v) is 2.94. The number of rotatable bonds is 10. The highest BCUT2D eigenvalue weighted by atomic mass is 16.5. The Morgan fingerprint density at radius 2 is 2.11 bits per heavy atom. The number of nitrogens with one attached hydrogen (secondary N) is 1. The molecule has 1 aromatic rings. The molecule has 1 rings (SSSR count). The number of nitrogens with zero attached hydrogens (tertiary/aromatic N) is 2. The van der Waals surface area contributed by atoms with Gasteiger partial charge in [-0.05, 0) is 31.7 Å². The average molecular weight is 266 g/mol. The fourth-order valence-corrected chi connectivity index (χ4v) is 1.96. The molecule has 3 N–H and O–H groups in total. The molecule has 19 heavy (non-hydrogen) atoms. The minimum atomic E-state index is 0.602. The summed E-state index contributed by atoms with van der Waals surface area (Å²) >= 11 is 0. The lowest BCUT2D eigenvalue weighted by Gasteiger charge is -2.16. The first-order chi connectivity index (χ1) is 9.30. The molecule has 0 spiro atoms. The Morgan fingerprint density at radius 1 is 1.26 bits per heavy atom. The molecule has 0 aliphatic carbocycles. The maximum absolute atomic E-state index is 5.63. The van der Waals surface area contributed by atoms with Gasteiger partial charge in [-0.25, -0.2) is 9.97 Å². The van der Waals surface area contributed by atoms with E-state index in [2.05, 4.69) is 29.1 Å². The topological polar surface area (TPSA) is 73.1 Å². The van der Waals surface area contributed by atoms with Crippen molar-refractivity contribution in [3.05, 3.63) is 12.4 Å². The Hall–Kier alpha value is -1.36. The minimum Gasteiger partial charge on any atom is -0.478 e. The normalized spacial score (nSPS) is 12.2. The van der Waals surface area contributed by atoms with E-state index in [1.54, 1.807) is 0 Å². The van der Waals surface area contributed by atoms with Gasteiger partial charge < -0.3 is 15.8 Å². The first-order valence-corrected chi connectivity index (χ1v) is 7.18. The van der Waals surface area contributed by atoms with Crippen LogP contribution in [-0.2, 0) is 0 Å². The van der Waals surface area contributed by atoms with Gasteiger partial charge in [-0.15, -0.1) is 0 Å². The van der Waals surface area contributed by atoms with Gasteiger partial charge in [-0.3, -0.25) is 0 Å². The SMILES string of the molecule is CCCOc1cc(NCC(CCC)CCN)ncn1. The van der Waals surface area contributed by atoms with Crippen LogP contribution in [0, 0.1) is 5.92 Å². The molecule has 0 amide bonds. The summed E-state index contributed by atoms with van der Waals surface area (Å²) in [6.07, 6.45) is 5.92. The molecule has 5 nitrogen and oxygen atoms in total. The zero-order chi connectivity index (χ0) is 13.9. The Kier molecular flexibility index (Phi) is 7.89. The van der Waals surface area contributed by atoms with E-state index in [1.807, 2.05) is 6.07 Å². The molecule has 0 saturated heterocycles. The highest BCUT2D eigenvalue weighted by molar-refractivity contribution is 5.36. The predicted molar refractivity (Wildman–Crippen MR) is 78.4 cm³/mol. The Bertz CT molecular complexity index is 340. The first kappa shape index (κ1) is 15.7. The standard InChI is InChI=1S/C14H26N4O/c1-3-5-12(6-7-15)10-16-13-9-14(18-11-17-13)19-8-4-2/h9,11-12H,3-8,10,15H2,1-2H3,(H,16,17,18). The second kappa shape index (κ2) is 9.55. The van der Waals surface area contributed by atoms with Gasteiger partial charge in [-0.1, -0.05) is 20.3 Å². The smallest absolute Gasteiger partial charge is 0.218 e. The van der Waals surface area contributed by atoms with Gasteiger partial charge in [0.05, 0.1) is 6.61 Å². The molecule has 5 heteroatoms. The van der Waals surface area contributed by atoms with Crippen molar-refractivity contribution in [1.29, 1.82) is 0 Å². The molecule has 1 atom stereocenters. The van der Waals surface area contributed by atoms with Crippen molar-refractivity contribution in [2.45, 2.75) is 39.5 Å². The summed E-state index contributed by atoms with van der Waals surface area (Å²) in [6, 6.07) is 1.85. The quantitative estimate of drug-likeness (QED) is 0.680. The number of ether oxygens (including phenoxy) is 1. The highest BCUT2D eigenvalue weighted by Crippen LogP contribution is 2.14. The Labute approximate surface area is 116 Å². The van der Waals surface area contributed by atoms with Gasteiger partial charge in [0.15, 0.2) is 0 Å². The third kappa shape index (κ3) is 6.38. The lowest BCUT2D eigenvalue weighted by Crippen LogP contribution is -2.18. The van der Waals surface area contributed by atoms with Crippen LogP contribution >= 0.6 is 0 Å². The van der Waals surface area contributed by atoms with Gasteiger partial charge in [0.2, 0.25) is 5.88 Å². The molecule has 1 unspecified atom stereocenters. The maximum Gasteiger partial charge on any atom is 0.218 e.